The maximum atomic E-state index is 10.3. The van der Waals surface area contributed by atoms with Gasteiger partial charge >= 0.3 is 5.97 Å². The lowest BCUT2D eigenvalue weighted by atomic mass is 10.1. The Balaban J connectivity index is 3.42. The van der Waals surface area contributed by atoms with Gasteiger partial charge in [0.15, 0.2) is 0 Å². The molecule has 0 aromatic heterocycles. The van der Waals surface area contributed by atoms with Crippen LogP contribution in [0.5, 0.6) is 0 Å². The van der Waals surface area contributed by atoms with Gasteiger partial charge < -0.3 is 5.11 Å². The summed E-state index contributed by atoms with van der Waals surface area (Å²) in [7, 11) is 0. The summed E-state index contributed by atoms with van der Waals surface area (Å²) >= 11 is 0. The van der Waals surface area contributed by atoms with Crippen LogP contribution in [0.15, 0.2) is 60.8 Å². The van der Waals surface area contributed by atoms with Crippen LogP contribution in [0.1, 0.15) is 77.6 Å². The van der Waals surface area contributed by atoms with E-state index in [2.05, 4.69) is 31.2 Å². The third-order valence-electron chi connectivity index (χ3n) is 3.74. The monoisotopic (exact) mass is 344 g/mol. The van der Waals surface area contributed by atoms with Gasteiger partial charge in [0.2, 0.25) is 0 Å². The van der Waals surface area contributed by atoms with E-state index in [-0.39, 0.29) is 6.42 Å². The molecule has 0 fully saturated rings. The fourth-order valence-electron chi connectivity index (χ4n) is 2.25. The van der Waals surface area contributed by atoms with Crippen LogP contribution in [-0.2, 0) is 4.79 Å². The topological polar surface area (TPSA) is 37.3 Å². The summed E-state index contributed by atoms with van der Waals surface area (Å²) in [6.07, 6.45) is 32.9. The second-order valence-corrected chi connectivity index (χ2v) is 6.16. The molecule has 0 spiro atoms. The molecule has 0 amide bonds. The molecule has 0 radical (unpaired) electrons. The Labute approximate surface area is 154 Å². The lowest BCUT2D eigenvalue weighted by Crippen LogP contribution is -1.91. The van der Waals surface area contributed by atoms with Crippen LogP contribution in [0.3, 0.4) is 0 Å². The van der Waals surface area contributed by atoms with Crippen molar-refractivity contribution in [1.29, 1.82) is 0 Å². The number of carboxylic acids is 1. The van der Waals surface area contributed by atoms with Gasteiger partial charge in [-0.25, -0.2) is 0 Å². The molecule has 0 aromatic carbocycles. The minimum absolute atomic E-state index is 0.193. The van der Waals surface area contributed by atoms with Gasteiger partial charge in [0.25, 0.3) is 0 Å². The minimum Gasteiger partial charge on any atom is -0.481 e. The van der Waals surface area contributed by atoms with E-state index in [0.29, 0.717) is 6.42 Å². The largest absolute Gasteiger partial charge is 0.481 e. The maximum absolute atomic E-state index is 10.3. The van der Waals surface area contributed by atoms with Crippen molar-refractivity contribution in [2.24, 2.45) is 0 Å². The third-order valence-corrected chi connectivity index (χ3v) is 3.74. The van der Waals surface area contributed by atoms with Crippen LogP contribution in [0.2, 0.25) is 0 Å². The fraction of sp³-hybridized carbons (Fsp3) is 0.522. The molecule has 0 bridgehead atoms. The zero-order valence-corrected chi connectivity index (χ0v) is 15.9. The van der Waals surface area contributed by atoms with Gasteiger partial charge in [0.1, 0.15) is 0 Å². The van der Waals surface area contributed by atoms with Gasteiger partial charge in [0.05, 0.1) is 0 Å². The second kappa shape index (κ2) is 20.2. The molecule has 0 aromatic rings. The standard InChI is InChI=1S/C23H36O2/c1-2-3-4-5-6-7-8-9-10-11-12-13-14-15-16-17-18-19-20-21-22-23(24)25/h5-6,13-20H,2-4,7-12,21-22H2,1H3,(H,24,25)/b6-5+,14-13+,16-15+,18-17+,20-19+. The number of unbranched alkanes of at least 4 members (excludes halogenated alkanes) is 7. The number of allylic oxidation sites excluding steroid dienone is 10. The molecule has 0 rings (SSSR count). The summed E-state index contributed by atoms with van der Waals surface area (Å²) in [6.45, 7) is 2.24. The number of rotatable bonds is 16. The van der Waals surface area contributed by atoms with Crippen LogP contribution >= 0.6 is 0 Å². The maximum Gasteiger partial charge on any atom is 0.303 e. The molecule has 0 atom stereocenters. The average Bonchev–Trinajstić information content (AvgIpc) is 2.60. The van der Waals surface area contributed by atoms with Crippen LogP contribution < -0.4 is 0 Å². The second-order valence-electron chi connectivity index (χ2n) is 6.16. The highest BCUT2D eigenvalue weighted by Crippen LogP contribution is 2.07. The van der Waals surface area contributed by atoms with E-state index < -0.39 is 5.97 Å². The number of aliphatic carboxylic acids is 1. The predicted octanol–water partition coefficient (Wildman–Crippen LogP) is 7.16. The van der Waals surface area contributed by atoms with Crippen molar-refractivity contribution in [1.82, 2.24) is 0 Å². The highest BCUT2D eigenvalue weighted by molar-refractivity contribution is 5.66. The summed E-state index contributed by atoms with van der Waals surface area (Å²) < 4.78 is 0. The van der Waals surface area contributed by atoms with Crippen LogP contribution in [-0.4, -0.2) is 11.1 Å². The lowest BCUT2D eigenvalue weighted by molar-refractivity contribution is -0.136. The molecule has 2 heteroatoms. The summed E-state index contributed by atoms with van der Waals surface area (Å²) in [4.78, 5) is 10.3. The zero-order valence-electron chi connectivity index (χ0n) is 15.9. The summed E-state index contributed by atoms with van der Waals surface area (Å²) in [6, 6.07) is 0. The van der Waals surface area contributed by atoms with E-state index in [1.165, 1.54) is 51.4 Å². The predicted molar refractivity (Wildman–Crippen MR) is 110 cm³/mol. The smallest absolute Gasteiger partial charge is 0.303 e. The van der Waals surface area contributed by atoms with E-state index in [0.717, 1.165) is 6.42 Å². The molecule has 25 heavy (non-hydrogen) atoms. The van der Waals surface area contributed by atoms with E-state index in [1.54, 1.807) is 0 Å². The molecule has 0 unspecified atom stereocenters. The Kier molecular flexibility index (Phi) is 18.7. The van der Waals surface area contributed by atoms with Crippen LogP contribution in [0.25, 0.3) is 0 Å². The molecule has 0 aliphatic heterocycles. The molecule has 0 aliphatic rings. The van der Waals surface area contributed by atoms with Gasteiger partial charge in [0, 0.05) is 6.42 Å². The van der Waals surface area contributed by atoms with E-state index in [4.69, 9.17) is 5.11 Å². The summed E-state index contributed by atoms with van der Waals surface area (Å²) in [5.74, 6) is -0.752. The Morgan fingerprint density at radius 3 is 1.68 bits per heavy atom. The zero-order chi connectivity index (χ0) is 18.4. The molecule has 0 heterocycles. The first-order valence-electron chi connectivity index (χ1n) is 9.79. The SMILES string of the molecule is CCCC/C=C/CCCCCC/C=C/C=C/C=C/C=C/CCC(=O)O. The van der Waals surface area contributed by atoms with Gasteiger partial charge in [-0.2, -0.15) is 0 Å². The number of carbonyl (C=O) groups is 1. The van der Waals surface area contributed by atoms with Crippen LogP contribution in [0.4, 0.5) is 0 Å². The summed E-state index contributed by atoms with van der Waals surface area (Å²) in [5.41, 5.74) is 0. The van der Waals surface area contributed by atoms with E-state index in [9.17, 15) is 4.79 Å². The van der Waals surface area contributed by atoms with Crippen molar-refractivity contribution in [2.45, 2.75) is 77.6 Å². The Morgan fingerprint density at radius 1 is 0.640 bits per heavy atom. The molecule has 1 N–H and O–H groups in total. The molecule has 0 saturated heterocycles. The van der Waals surface area contributed by atoms with Crippen molar-refractivity contribution in [3.63, 3.8) is 0 Å². The van der Waals surface area contributed by atoms with Crippen molar-refractivity contribution < 1.29 is 9.90 Å². The molecule has 0 aliphatic carbocycles. The van der Waals surface area contributed by atoms with Gasteiger partial charge in [-0.15, -0.1) is 0 Å². The number of carboxylic acid groups (broad SMARTS) is 1. The highest BCUT2D eigenvalue weighted by Gasteiger charge is 1.90. The molecular formula is C23H36O2. The Morgan fingerprint density at radius 2 is 1.12 bits per heavy atom. The van der Waals surface area contributed by atoms with Crippen molar-refractivity contribution >= 4 is 5.97 Å². The van der Waals surface area contributed by atoms with Crippen molar-refractivity contribution in [3.8, 4) is 0 Å². The minimum atomic E-state index is -0.752. The quantitative estimate of drug-likeness (QED) is 0.183. The molecule has 2 nitrogen and oxygen atoms in total. The Bertz CT molecular complexity index is 439. The van der Waals surface area contributed by atoms with E-state index in [1.807, 2.05) is 36.5 Å². The average molecular weight is 345 g/mol. The van der Waals surface area contributed by atoms with Crippen molar-refractivity contribution in [3.05, 3.63) is 60.8 Å². The summed E-state index contributed by atoms with van der Waals surface area (Å²) in [5, 5.41) is 8.49. The Hall–Kier alpha value is -1.83. The number of hydrogen-bond donors (Lipinski definition) is 1. The first-order valence-corrected chi connectivity index (χ1v) is 9.79. The molecular weight excluding hydrogens is 308 g/mol. The normalized spacial score (nSPS) is 12.7. The fourth-order valence-corrected chi connectivity index (χ4v) is 2.25. The van der Waals surface area contributed by atoms with Gasteiger partial charge in [-0.1, -0.05) is 93.4 Å². The number of hydrogen-bond acceptors (Lipinski definition) is 1. The molecule has 140 valence electrons. The lowest BCUT2D eigenvalue weighted by Gasteiger charge is -1.96. The van der Waals surface area contributed by atoms with Gasteiger partial charge in [-0.3, -0.25) is 4.79 Å². The van der Waals surface area contributed by atoms with Gasteiger partial charge in [-0.05, 0) is 38.5 Å². The van der Waals surface area contributed by atoms with Crippen LogP contribution in [0, 0.1) is 0 Å². The first-order chi connectivity index (χ1) is 12.3. The third kappa shape index (κ3) is 22.2. The molecule has 0 saturated carbocycles. The van der Waals surface area contributed by atoms with Crippen molar-refractivity contribution in [2.75, 3.05) is 0 Å². The van der Waals surface area contributed by atoms with E-state index >= 15 is 0 Å². The highest BCUT2D eigenvalue weighted by atomic mass is 16.4. The first kappa shape index (κ1) is 23.2.